The fraction of sp³-hybridized carbons (Fsp3) is 0.902. The minimum Gasteiger partial charge on any atom is -0.459 e. The van der Waals surface area contributed by atoms with Crippen molar-refractivity contribution in [3.8, 4) is 0 Å². The van der Waals surface area contributed by atoms with Crippen LogP contribution < -0.4 is 16.6 Å². The molecule has 5 aliphatic rings. The molecule has 0 amide bonds. The number of esters is 1. The summed E-state index contributed by atoms with van der Waals surface area (Å²) in [5.41, 5.74) is -6.21. The SMILES string of the molecule is CC[C@H]1OC(=O)[C@H](C)[C@@H](O[C@H]2C[C@@](C)(OC)[C@@H](O)[C@H](C)O2)[C@H](C)[C@@H](O[C@@H]2O[C@H](C)C[C@H](N(C)C)[C@H]2O)[C@](C)(O)C[C@@H](C)[C@@H]2N[C@@H](COCCOC)O[C@@H]([C@H]2C)[C@]1(C)O.O=c1[nH]c(=O)n([C@H]2C[C@H](O)[C@@H](CO)O2)cc1F. The summed E-state index contributed by atoms with van der Waals surface area (Å²) in [6, 6.07) is -0.593. The number of carbonyl (C=O) groups excluding carboxylic acids is 1. The van der Waals surface area contributed by atoms with E-state index in [4.69, 9.17) is 52.5 Å². The van der Waals surface area contributed by atoms with E-state index in [9.17, 15) is 44.3 Å². The van der Waals surface area contributed by atoms with Crippen molar-refractivity contribution in [2.45, 2.75) is 216 Å². The molecule has 5 saturated heterocycles. The first-order chi connectivity index (χ1) is 35.0. The smallest absolute Gasteiger partial charge is 0.330 e. The first-order valence-corrected chi connectivity index (χ1v) is 26.3. The summed E-state index contributed by atoms with van der Waals surface area (Å²) >= 11 is 0. The van der Waals surface area contributed by atoms with Gasteiger partial charge in [0.05, 0.1) is 86.4 Å². The number of hydrogen-bond acceptors (Lipinski definition) is 21. The van der Waals surface area contributed by atoms with Gasteiger partial charge in [-0.05, 0) is 80.8 Å². The highest BCUT2D eigenvalue weighted by Gasteiger charge is 2.56. The number of rotatable bonds is 14. The third-order valence-corrected chi connectivity index (χ3v) is 16.1. The Bertz CT molecular complexity index is 2080. The number of likely N-dealkylation sites (N-methyl/N-ethyl adjacent to an activating group) is 1. The molecular formula is C51H89FN4O19. The van der Waals surface area contributed by atoms with Crippen molar-refractivity contribution in [3.05, 3.63) is 32.9 Å². The summed E-state index contributed by atoms with van der Waals surface area (Å²) in [5, 5.41) is 69.9. The van der Waals surface area contributed by atoms with E-state index < -0.39 is 138 Å². The molecule has 0 aromatic carbocycles. The van der Waals surface area contributed by atoms with E-state index in [-0.39, 0.29) is 62.3 Å². The molecule has 1 aromatic rings. The van der Waals surface area contributed by atoms with Crippen LogP contribution in [0, 0.1) is 29.5 Å². The second kappa shape index (κ2) is 26.6. The molecule has 0 spiro atoms. The Balaban J connectivity index is 0.000000513. The molecule has 0 unspecified atom stereocenters. The number of aromatic amines is 1. The zero-order valence-electron chi connectivity index (χ0n) is 46.3. The number of halogens is 1. The summed E-state index contributed by atoms with van der Waals surface area (Å²) in [4.78, 5) is 40.4. The van der Waals surface area contributed by atoms with Gasteiger partial charge in [0.2, 0.25) is 5.82 Å². The molecule has 0 saturated carbocycles. The van der Waals surface area contributed by atoms with Crippen LogP contribution in [0.3, 0.4) is 0 Å². The third kappa shape index (κ3) is 14.8. The maximum atomic E-state index is 14.5. The predicted octanol–water partition coefficient (Wildman–Crippen LogP) is 0.518. The molecule has 1 aromatic heterocycles. The standard InChI is InChI=1S/C42H78N2O14.C9H11FN2O5/c1-15-29-42(10,49)37-24(4)32(43-30(56-37)21-52-17-16-50-13)22(2)19-40(8,48)36(58-39-33(45)28(44(11)12)18-23(3)53-39)25(5)34(26(6)38(47)55-29)57-31-20-41(9,51-14)35(46)27(7)54-31;10-4-2-12(9(16)11-8(4)15)7-1-5(14)6(3-13)17-7/h22-37,39,43,45-46,48-49H,15-21H2,1-14H3;2,5-7,13-14H,1,3H2,(H,11,15,16)/t22-,23-,24+,25+,26-,27+,28+,29-,30-,31+,32+,33-,34+,35+,36-,37+,39+,40-,41-,42-;5-,6+,7+/m10/s1. The van der Waals surface area contributed by atoms with E-state index in [2.05, 4.69) is 5.32 Å². The van der Waals surface area contributed by atoms with Crippen LogP contribution in [0.15, 0.2) is 15.8 Å². The Hall–Kier alpha value is -2.60. The van der Waals surface area contributed by atoms with Gasteiger partial charge < -0.3 is 82.9 Å². The summed E-state index contributed by atoms with van der Waals surface area (Å²) < 4.78 is 74.8. The highest BCUT2D eigenvalue weighted by atomic mass is 19.1. The van der Waals surface area contributed by atoms with Crippen molar-refractivity contribution >= 4 is 5.97 Å². The van der Waals surface area contributed by atoms with Crippen LogP contribution in [0.25, 0.3) is 0 Å². The van der Waals surface area contributed by atoms with E-state index >= 15 is 0 Å². The van der Waals surface area contributed by atoms with Crippen LogP contribution in [0.4, 0.5) is 4.39 Å². The van der Waals surface area contributed by atoms with Gasteiger partial charge >= 0.3 is 11.7 Å². The fourth-order valence-corrected chi connectivity index (χ4v) is 11.7. The lowest BCUT2D eigenvalue weighted by molar-refractivity contribution is -0.318. The van der Waals surface area contributed by atoms with Crippen molar-refractivity contribution in [1.82, 2.24) is 19.8 Å². The highest BCUT2D eigenvalue weighted by Crippen LogP contribution is 2.43. The monoisotopic (exact) mass is 1080 g/mol. The number of ether oxygens (including phenoxy) is 10. The van der Waals surface area contributed by atoms with Crippen molar-refractivity contribution in [3.63, 3.8) is 0 Å². The number of carbonyl (C=O) groups is 1. The molecular weight excluding hydrogens is 992 g/mol. The predicted molar refractivity (Wildman–Crippen MR) is 266 cm³/mol. The first-order valence-electron chi connectivity index (χ1n) is 26.3. The summed E-state index contributed by atoms with van der Waals surface area (Å²) in [7, 11) is 6.90. The Morgan fingerprint density at radius 3 is 2.19 bits per heavy atom. The van der Waals surface area contributed by atoms with Crippen LogP contribution in [0.1, 0.15) is 108 Å². The minimum atomic E-state index is -1.64. The van der Waals surface area contributed by atoms with Crippen molar-refractivity contribution in [1.29, 1.82) is 0 Å². The minimum absolute atomic E-state index is 0.0383. The number of fused-ring (bicyclic) bond motifs is 2. The third-order valence-electron chi connectivity index (χ3n) is 16.1. The van der Waals surface area contributed by atoms with Gasteiger partial charge in [-0.25, -0.2) is 4.79 Å². The summed E-state index contributed by atoms with van der Waals surface area (Å²) in [6.45, 7) is 18.7. The molecule has 23 nitrogen and oxygen atoms in total. The number of nitrogens with one attached hydrogen (secondary N) is 2. The molecule has 23 atom stereocenters. The molecule has 8 N–H and O–H groups in total. The van der Waals surface area contributed by atoms with Crippen LogP contribution >= 0.6 is 0 Å². The Labute approximate surface area is 439 Å². The number of cyclic esters (lactones) is 1. The van der Waals surface area contributed by atoms with Crippen LogP contribution in [-0.2, 0) is 52.2 Å². The lowest BCUT2D eigenvalue weighted by Crippen LogP contribution is -2.67. The van der Waals surface area contributed by atoms with Gasteiger partial charge in [-0.3, -0.25) is 24.5 Å². The van der Waals surface area contributed by atoms with Gasteiger partial charge in [0.1, 0.15) is 42.5 Å². The fourth-order valence-electron chi connectivity index (χ4n) is 11.7. The second-order valence-corrected chi connectivity index (χ2v) is 22.3. The topological polar surface area (TPSA) is 301 Å². The molecule has 5 fully saturated rings. The lowest BCUT2D eigenvalue weighted by Gasteiger charge is -2.52. The van der Waals surface area contributed by atoms with Gasteiger partial charge in [0.15, 0.2) is 12.6 Å². The number of H-pyrrole nitrogens is 1. The number of aliphatic hydroxyl groups is 6. The quantitative estimate of drug-likeness (QED) is 0.0931. The molecule has 24 heteroatoms. The Morgan fingerprint density at radius 2 is 1.59 bits per heavy atom. The largest absolute Gasteiger partial charge is 0.459 e. The zero-order valence-corrected chi connectivity index (χ0v) is 46.3. The molecule has 6 heterocycles. The van der Waals surface area contributed by atoms with E-state index in [1.165, 1.54) is 7.11 Å². The number of aromatic nitrogens is 2. The average Bonchev–Trinajstić information content (AvgIpc) is 3.73. The second-order valence-electron chi connectivity index (χ2n) is 22.3. The van der Waals surface area contributed by atoms with Crippen LogP contribution in [-0.4, -0.2) is 215 Å². The normalized spacial score (nSPS) is 44.1. The first kappa shape index (κ1) is 63.2. The van der Waals surface area contributed by atoms with Gasteiger partial charge in [-0.2, -0.15) is 4.39 Å². The van der Waals surface area contributed by atoms with E-state index in [1.54, 1.807) is 46.7 Å². The van der Waals surface area contributed by atoms with E-state index in [0.29, 0.717) is 19.6 Å². The van der Waals surface area contributed by atoms with Gasteiger partial charge in [0, 0.05) is 51.0 Å². The summed E-state index contributed by atoms with van der Waals surface area (Å²) in [5.74, 6) is -4.07. The number of methoxy groups -OCH3 is 2. The maximum Gasteiger partial charge on any atom is 0.330 e. The number of hydrogen-bond donors (Lipinski definition) is 8. The van der Waals surface area contributed by atoms with Crippen molar-refractivity contribution in [2.24, 2.45) is 23.7 Å². The molecule has 0 radical (unpaired) electrons. The molecule has 5 aliphatic heterocycles. The maximum absolute atomic E-state index is 14.5. The molecule has 6 rings (SSSR count). The Kier molecular flexibility index (Phi) is 22.4. The van der Waals surface area contributed by atoms with Crippen LogP contribution in [0.5, 0.6) is 0 Å². The number of nitrogens with zero attached hydrogens (tertiary/aromatic N) is 2. The van der Waals surface area contributed by atoms with E-state index in [1.807, 2.05) is 53.6 Å². The molecule has 0 aliphatic carbocycles. The van der Waals surface area contributed by atoms with Gasteiger partial charge in [-0.1, -0.05) is 27.7 Å². The zero-order chi connectivity index (χ0) is 56.1. The van der Waals surface area contributed by atoms with Crippen molar-refractivity contribution in [2.75, 3.05) is 54.7 Å². The lowest BCUT2D eigenvalue weighted by atomic mass is 9.71. The highest BCUT2D eigenvalue weighted by molar-refractivity contribution is 5.73. The number of aliphatic hydroxyl groups excluding tert-OH is 4. The summed E-state index contributed by atoms with van der Waals surface area (Å²) in [6.07, 6.45) is -10.2. The van der Waals surface area contributed by atoms with Gasteiger partial charge in [0.25, 0.3) is 5.56 Å². The van der Waals surface area contributed by atoms with Crippen LogP contribution in [0.2, 0.25) is 0 Å². The Morgan fingerprint density at radius 1 is 0.907 bits per heavy atom. The average molecular weight is 1080 g/mol. The molecule has 434 valence electrons. The van der Waals surface area contributed by atoms with Crippen molar-refractivity contribution < 1.29 is 87.2 Å². The molecule has 2 bridgehead atoms. The van der Waals surface area contributed by atoms with Gasteiger partial charge in [-0.15, -0.1) is 0 Å². The molecule has 75 heavy (non-hydrogen) atoms. The van der Waals surface area contributed by atoms with E-state index in [0.717, 1.165) is 10.8 Å².